The van der Waals surface area contributed by atoms with Gasteiger partial charge in [-0.25, -0.2) is 0 Å². The van der Waals surface area contributed by atoms with E-state index in [1.54, 1.807) is 0 Å². The predicted octanol–water partition coefficient (Wildman–Crippen LogP) is 3.04. The first-order valence-electron chi connectivity index (χ1n) is 6.74. The first-order valence-corrected chi connectivity index (χ1v) is 7.90. The lowest BCUT2D eigenvalue weighted by Gasteiger charge is -2.32. The van der Waals surface area contributed by atoms with Crippen molar-refractivity contribution < 1.29 is 0 Å². The highest BCUT2D eigenvalue weighted by atomic mass is 35.5. The molecule has 0 saturated carbocycles. The number of nitrogens with one attached hydrogen (secondary N) is 1. The second kappa shape index (κ2) is 7.46. The van der Waals surface area contributed by atoms with Crippen molar-refractivity contribution in [2.24, 2.45) is 11.7 Å². The van der Waals surface area contributed by atoms with Gasteiger partial charge in [0.1, 0.15) is 0 Å². The van der Waals surface area contributed by atoms with Crippen molar-refractivity contribution in [2.75, 3.05) is 19.6 Å². The second-order valence-electron chi connectivity index (χ2n) is 5.21. The van der Waals surface area contributed by atoms with Gasteiger partial charge in [-0.05, 0) is 61.8 Å². The molecule has 110 valence electrons. The molecule has 0 bridgehead atoms. The molecule has 0 radical (unpaired) electrons. The summed E-state index contributed by atoms with van der Waals surface area (Å²) in [5, 5.41) is 4.68. The van der Waals surface area contributed by atoms with E-state index in [1.165, 1.54) is 5.56 Å². The van der Waals surface area contributed by atoms with E-state index in [0.717, 1.165) is 39.0 Å². The third-order valence-corrected chi connectivity index (χ3v) is 4.55. The maximum atomic E-state index is 6.04. The van der Waals surface area contributed by atoms with E-state index in [2.05, 4.69) is 10.2 Å². The highest BCUT2D eigenvalue weighted by Crippen LogP contribution is 2.24. The van der Waals surface area contributed by atoms with E-state index >= 15 is 0 Å². The van der Waals surface area contributed by atoms with Gasteiger partial charge in [-0.2, -0.15) is 0 Å². The van der Waals surface area contributed by atoms with Crippen molar-refractivity contribution in [3.8, 4) is 0 Å². The van der Waals surface area contributed by atoms with Crippen LogP contribution in [0.1, 0.15) is 18.4 Å². The highest BCUT2D eigenvalue weighted by Gasteiger charge is 2.19. The molecule has 2 rings (SSSR count). The Morgan fingerprint density at radius 1 is 1.30 bits per heavy atom. The van der Waals surface area contributed by atoms with E-state index in [-0.39, 0.29) is 0 Å². The zero-order chi connectivity index (χ0) is 14.5. The topological polar surface area (TPSA) is 41.3 Å². The van der Waals surface area contributed by atoms with Crippen LogP contribution in [0.25, 0.3) is 0 Å². The number of piperidine rings is 1. The minimum Gasteiger partial charge on any atom is -0.376 e. The van der Waals surface area contributed by atoms with E-state index in [1.807, 2.05) is 18.2 Å². The van der Waals surface area contributed by atoms with Crippen LogP contribution in [-0.4, -0.2) is 29.6 Å². The zero-order valence-corrected chi connectivity index (χ0v) is 13.6. The molecule has 1 aliphatic heterocycles. The summed E-state index contributed by atoms with van der Waals surface area (Å²) in [6.07, 6.45) is 2.33. The number of benzene rings is 1. The summed E-state index contributed by atoms with van der Waals surface area (Å²) < 4.78 is 0. The standard InChI is InChI=1S/C14H19Cl2N3S/c15-12-2-1-11(7-13(12)16)9-19-5-3-10(4-6-19)8-18-14(17)20/h1-2,7,10H,3-6,8-9H2,(H3,17,18,20). The van der Waals surface area contributed by atoms with Gasteiger partial charge in [0, 0.05) is 13.1 Å². The van der Waals surface area contributed by atoms with Gasteiger partial charge in [-0.3, -0.25) is 4.90 Å². The molecule has 0 aliphatic carbocycles. The Hall–Kier alpha value is -0.550. The summed E-state index contributed by atoms with van der Waals surface area (Å²) in [7, 11) is 0. The number of thiocarbonyl (C=S) groups is 1. The van der Waals surface area contributed by atoms with Crippen molar-refractivity contribution in [1.82, 2.24) is 10.2 Å². The Morgan fingerprint density at radius 2 is 2.00 bits per heavy atom. The van der Waals surface area contributed by atoms with E-state index in [9.17, 15) is 0 Å². The average Bonchev–Trinajstić information content (AvgIpc) is 2.42. The van der Waals surface area contributed by atoms with Crippen LogP contribution < -0.4 is 11.1 Å². The zero-order valence-electron chi connectivity index (χ0n) is 11.2. The smallest absolute Gasteiger partial charge is 0.163 e. The molecule has 1 aromatic carbocycles. The Morgan fingerprint density at radius 3 is 2.60 bits per heavy atom. The van der Waals surface area contributed by atoms with E-state index < -0.39 is 0 Å². The van der Waals surface area contributed by atoms with Crippen molar-refractivity contribution in [2.45, 2.75) is 19.4 Å². The lowest BCUT2D eigenvalue weighted by Crippen LogP contribution is -2.39. The molecule has 1 saturated heterocycles. The fraction of sp³-hybridized carbons (Fsp3) is 0.500. The quantitative estimate of drug-likeness (QED) is 0.832. The van der Waals surface area contributed by atoms with Crippen LogP contribution in [-0.2, 0) is 6.54 Å². The largest absolute Gasteiger partial charge is 0.376 e. The fourth-order valence-electron chi connectivity index (χ4n) is 2.49. The Kier molecular flexibility index (Phi) is 5.90. The highest BCUT2D eigenvalue weighted by molar-refractivity contribution is 7.80. The molecule has 1 heterocycles. The molecule has 0 aromatic heterocycles. The van der Waals surface area contributed by atoms with Crippen molar-refractivity contribution in [1.29, 1.82) is 0 Å². The molecule has 1 aromatic rings. The Bertz CT molecular complexity index is 473. The number of rotatable bonds is 4. The minimum atomic E-state index is 0.392. The summed E-state index contributed by atoms with van der Waals surface area (Å²) in [4.78, 5) is 2.44. The lowest BCUT2D eigenvalue weighted by molar-refractivity contribution is 0.178. The Labute approximate surface area is 135 Å². The number of hydrogen-bond acceptors (Lipinski definition) is 2. The summed E-state index contributed by atoms with van der Waals surface area (Å²) in [5.41, 5.74) is 6.66. The van der Waals surface area contributed by atoms with Gasteiger partial charge in [0.2, 0.25) is 0 Å². The molecule has 0 amide bonds. The third kappa shape index (κ3) is 4.77. The number of nitrogens with zero attached hydrogens (tertiary/aromatic N) is 1. The average molecular weight is 332 g/mol. The lowest BCUT2D eigenvalue weighted by atomic mass is 9.96. The number of hydrogen-bond donors (Lipinski definition) is 2. The summed E-state index contributed by atoms with van der Waals surface area (Å²) in [6.45, 7) is 3.98. The molecule has 0 spiro atoms. The normalized spacial score (nSPS) is 17.1. The summed E-state index contributed by atoms with van der Waals surface area (Å²) in [6, 6.07) is 5.84. The first-order chi connectivity index (χ1) is 9.54. The van der Waals surface area contributed by atoms with Gasteiger partial charge in [0.15, 0.2) is 5.11 Å². The van der Waals surface area contributed by atoms with Crippen molar-refractivity contribution in [3.63, 3.8) is 0 Å². The number of nitrogens with two attached hydrogens (primary N) is 1. The minimum absolute atomic E-state index is 0.392. The predicted molar refractivity (Wildman–Crippen MR) is 89.3 cm³/mol. The second-order valence-corrected chi connectivity index (χ2v) is 6.47. The van der Waals surface area contributed by atoms with Crippen molar-refractivity contribution >= 4 is 40.5 Å². The van der Waals surface area contributed by atoms with Gasteiger partial charge in [0.25, 0.3) is 0 Å². The molecule has 1 fully saturated rings. The number of likely N-dealkylation sites (tertiary alicyclic amines) is 1. The molecule has 0 unspecified atom stereocenters. The van der Waals surface area contributed by atoms with Crippen LogP contribution in [0, 0.1) is 5.92 Å². The van der Waals surface area contributed by atoms with Gasteiger partial charge in [-0.1, -0.05) is 29.3 Å². The maximum absolute atomic E-state index is 6.04. The molecule has 0 atom stereocenters. The van der Waals surface area contributed by atoms with Crippen LogP contribution in [0.5, 0.6) is 0 Å². The SMILES string of the molecule is NC(=S)NCC1CCN(Cc2ccc(Cl)c(Cl)c2)CC1. The molecule has 3 nitrogen and oxygen atoms in total. The summed E-state index contributed by atoms with van der Waals surface area (Å²) >= 11 is 16.8. The van der Waals surface area contributed by atoms with Crippen LogP contribution in [0.3, 0.4) is 0 Å². The van der Waals surface area contributed by atoms with Crippen LogP contribution in [0.4, 0.5) is 0 Å². The number of halogens is 2. The van der Waals surface area contributed by atoms with Crippen LogP contribution >= 0.6 is 35.4 Å². The third-order valence-electron chi connectivity index (χ3n) is 3.66. The van der Waals surface area contributed by atoms with E-state index in [0.29, 0.717) is 21.1 Å². The molecule has 20 heavy (non-hydrogen) atoms. The molecular weight excluding hydrogens is 313 g/mol. The monoisotopic (exact) mass is 331 g/mol. The Balaban J connectivity index is 1.79. The van der Waals surface area contributed by atoms with Gasteiger partial charge >= 0.3 is 0 Å². The molecular formula is C14H19Cl2N3S. The molecule has 6 heteroatoms. The molecule has 1 aliphatic rings. The van der Waals surface area contributed by atoms with E-state index in [4.69, 9.17) is 41.2 Å². The van der Waals surface area contributed by atoms with Crippen LogP contribution in [0.15, 0.2) is 18.2 Å². The fourth-order valence-corrected chi connectivity index (χ4v) is 2.89. The van der Waals surface area contributed by atoms with Gasteiger partial charge in [-0.15, -0.1) is 0 Å². The molecule has 3 N–H and O–H groups in total. The van der Waals surface area contributed by atoms with Crippen LogP contribution in [0.2, 0.25) is 10.0 Å². The van der Waals surface area contributed by atoms with Gasteiger partial charge in [0.05, 0.1) is 10.0 Å². The maximum Gasteiger partial charge on any atom is 0.163 e. The first kappa shape index (κ1) is 15.8. The van der Waals surface area contributed by atoms with Crippen molar-refractivity contribution in [3.05, 3.63) is 33.8 Å². The summed E-state index contributed by atoms with van der Waals surface area (Å²) in [5.74, 6) is 0.654. The van der Waals surface area contributed by atoms with Gasteiger partial charge < -0.3 is 11.1 Å².